The van der Waals surface area contributed by atoms with Crippen molar-refractivity contribution in [2.75, 3.05) is 5.32 Å². The van der Waals surface area contributed by atoms with Gasteiger partial charge in [0.1, 0.15) is 0 Å². The van der Waals surface area contributed by atoms with Crippen LogP contribution in [0.25, 0.3) is 10.2 Å². The molecule has 1 fully saturated rings. The highest BCUT2D eigenvalue weighted by molar-refractivity contribution is 7.18. The number of hydrogen-bond donors (Lipinski definition) is 1. The fourth-order valence-corrected chi connectivity index (χ4v) is 3.96. The summed E-state index contributed by atoms with van der Waals surface area (Å²) in [6.45, 7) is 2.01. The SMILES string of the molecule is Cc1nc2cc(NC(=O)CCC3CCCCC3)ccc2s1. The van der Waals surface area contributed by atoms with Gasteiger partial charge < -0.3 is 5.32 Å². The van der Waals surface area contributed by atoms with Crippen LogP contribution in [-0.2, 0) is 4.79 Å². The molecule has 1 heterocycles. The van der Waals surface area contributed by atoms with Crippen LogP contribution >= 0.6 is 11.3 Å². The first-order valence-corrected chi connectivity index (χ1v) is 8.69. The zero-order valence-electron chi connectivity index (χ0n) is 12.5. The Hall–Kier alpha value is -1.42. The highest BCUT2D eigenvalue weighted by Crippen LogP contribution is 2.28. The van der Waals surface area contributed by atoms with Crippen molar-refractivity contribution in [2.45, 2.75) is 51.9 Å². The molecule has 21 heavy (non-hydrogen) atoms. The average molecular weight is 302 g/mol. The highest BCUT2D eigenvalue weighted by atomic mass is 32.1. The molecule has 1 amide bonds. The molecule has 1 aromatic carbocycles. The number of amides is 1. The number of carbonyl (C=O) groups excluding carboxylic acids is 1. The highest BCUT2D eigenvalue weighted by Gasteiger charge is 2.15. The minimum atomic E-state index is 0.131. The number of thiazole rings is 1. The first-order chi connectivity index (χ1) is 10.2. The fraction of sp³-hybridized carbons (Fsp3) is 0.529. The van der Waals surface area contributed by atoms with Crippen molar-refractivity contribution in [3.63, 3.8) is 0 Å². The van der Waals surface area contributed by atoms with E-state index in [9.17, 15) is 4.79 Å². The van der Waals surface area contributed by atoms with Gasteiger partial charge in [-0.3, -0.25) is 4.79 Å². The first-order valence-electron chi connectivity index (χ1n) is 7.88. The largest absolute Gasteiger partial charge is 0.326 e. The number of nitrogens with zero attached hydrogens (tertiary/aromatic N) is 1. The molecule has 0 atom stereocenters. The Balaban J connectivity index is 1.55. The first kappa shape index (κ1) is 14.5. The second-order valence-corrected chi connectivity index (χ2v) is 7.24. The molecule has 0 saturated heterocycles. The summed E-state index contributed by atoms with van der Waals surface area (Å²) in [4.78, 5) is 16.5. The third-order valence-electron chi connectivity index (χ3n) is 4.28. The van der Waals surface area contributed by atoms with E-state index in [-0.39, 0.29) is 5.91 Å². The van der Waals surface area contributed by atoms with Gasteiger partial charge in [0.05, 0.1) is 15.2 Å². The smallest absolute Gasteiger partial charge is 0.224 e. The minimum Gasteiger partial charge on any atom is -0.326 e. The number of rotatable bonds is 4. The summed E-state index contributed by atoms with van der Waals surface area (Å²) in [6, 6.07) is 5.98. The summed E-state index contributed by atoms with van der Waals surface area (Å²) in [5, 5.41) is 4.07. The molecule has 0 aliphatic heterocycles. The van der Waals surface area contributed by atoms with Gasteiger partial charge in [0.2, 0.25) is 5.91 Å². The molecule has 1 N–H and O–H groups in total. The van der Waals surface area contributed by atoms with Gasteiger partial charge in [0, 0.05) is 12.1 Å². The lowest BCUT2D eigenvalue weighted by atomic mass is 9.86. The van der Waals surface area contributed by atoms with Gasteiger partial charge in [-0.25, -0.2) is 4.98 Å². The van der Waals surface area contributed by atoms with Gasteiger partial charge in [0.25, 0.3) is 0 Å². The maximum absolute atomic E-state index is 12.1. The Labute approximate surface area is 129 Å². The average Bonchev–Trinajstić information content (AvgIpc) is 2.85. The van der Waals surface area contributed by atoms with E-state index in [4.69, 9.17) is 0 Å². The lowest BCUT2D eigenvalue weighted by molar-refractivity contribution is -0.116. The Morgan fingerprint density at radius 1 is 1.33 bits per heavy atom. The van der Waals surface area contributed by atoms with Crippen molar-refractivity contribution in [1.29, 1.82) is 0 Å². The molecule has 1 aromatic heterocycles. The number of aromatic nitrogens is 1. The van der Waals surface area contributed by atoms with E-state index in [0.717, 1.165) is 28.6 Å². The lowest BCUT2D eigenvalue weighted by Gasteiger charge is -2.20. The molecule has 3 nitrogen and oxygen atoms in total. The Morgan fingerprint density at radius 2 is 2.14 bits per heavy atom. The maximum atomic E-state index is 12.1. The predicted octanol–water partition coefficient (Wildman–Crippen LogP) is 4.90. The molecule has 0 spiro atoms. The summed E-state index contributed by atoms with van der Waals surface area (Å²) in [5.41, 5.74) is 1.84. The van der Waals surface area contributed by atoms with E-state index >= 15 is 0 Å². The van der Waals surface area contributed by atoms with Gasteiger partial charge in [-0.15, -0.1) is 11.3 Å². The Morgan fingerprint density at radius 3 is 2.95 bits per heavy atom. The molecule has 1 saturated carbocycles. The van der Waals surface area contributed by atoms with E-state index in [2.05, 4.69) is 10.3 Å². The van der Waals surface area contributed by atoms with Gasteiger partial charge >= 0.3 is 0 Å². The predicted molar refractivity (Wildman–Crippen MR) is 88.8 cm³/mol. The molecule has 4 heteroatoms. The third-order valence-corrected chi connectivity index (χ3v) is 5.23. The standard InChI is InChI=1S/C17H22N2OS/c1-12-18-15-11-14(8-9-16(15)21-12)19-17(20)10-7-13-5-3-2-4-6-13/h8-9,11,13H,2-7,10H2,1H3,(H,19,20). The molecule has 0 radical (unpaired) electrons. The van der Waals surface area contributed by atoms with Crippen LogP contribution in [0.1, 0.15) is 50.0 Å². The summed E-state index contributed by atoms with van der Waals surface area (Å²) in [5.74, 6) is 0.889. The zero-order valence-corrected chi connectivity index (χ0v) is 13.3. The van der Waals surface area contributed by atoms with Crippen LogP contribution in [0.2, 0.25) is 0 Å². The van der Waals surface area contributed by atoms with Crippen LogP contribution in [0, 0.1) is 12.8 Å². The summed E-state index contributed by atoms with van der Waals surface area (Å²) >= 11 is 1.68. The second-order valence-electron chi connectivity index (χ2n) is 6.01. The van der Waals surface area contributed by atoms with Gasteiger partial charge in [-0.2, -0.15) is 0 Å². The molecular formula is C17H22N2OS. The van der Waals surface area contributed by atoms with Gasteiger partial charge in [-0.1, -0.05) is 32.1 Å². The monoisotopic (exact) mass is 302 g/mol. The van der Waals surface area contributed by atoms with Crippen LogP contribution in [0.15, 0.2) is 18.2 Å². The van der Waals surface area contributed by atoms with Crippen molar-refractivity contribution in [1.82, 2.24) is 4.98 Å². The molecule has 0 bridgehead atoms. The fourth-order valence-electron chi connectivity index (χ4n) is 3.15. The topological polar surface area (TPSA) is 42.0 Å². The van der Waals surface area contributed by atoms with Crippen LogP contribution in [-0.4, -0.2) is 10.9 Å². The number of fused-ring (bicyclic) bond motifs is 1. The number of benzene rings is 1. The molecule has 0 unspecified atom stereocenters. The van der Waals surface area contributed by atoms with Crippen molar-refractivity contribution in [3.8, 4) is 0 Å². The Bertz CT molecular complexity index is 629. The van der Waals surface area contributed by atoms with Crippen LogP contribution in [0.4, 0.5) is 5.69 Å². The van der Waals surface area contributed by atoms with Gasteiger partial charge in [0.15, 0.2) is 0 Å². The molecule has 1 aliphatic rings. The lowest BCUT2D eigenvalue weighted by Crippen LogP contribution is -2.14. The Kier molecular flexibility index (Phi) is 4.54. The summed E-state index contributed by atoms with van der Waals surface area (Å²) < 4.78 is 1.17. The summed E-state index contributed by atoms with van der Waals surface area (Å²) in [6.07, 6.45) is 8.32. The molecule has 112 valence electrons. The molecule has 3 rings (SSSR count). The third kappa shape index (κ3) is 3.82. The number of anilines is 1. The maximum Gasteiger partial charge on any atom is 0.224 e. The molecule has 1 aliphatic carbocycles. The molecular weight excluding hydrogens is 280 g/mol. The van der Waals surface area contributed by atoms with Crippen molar-refractivity contribution in [2.24, 2.45) is 5.92 Å². The number of nitrogens with one attached hydrogen (secondary N) is 1. The van der Waals surface area contributed by atoms with E-state index in [1.54, 1.807) is 11.3 Å². The van der Waals surface area contributed by atoms with Crippen molar-refractivity contribution in [3.05, 3.63) is 23.2 Å². The number of hydrogen-bond acceptors (Lipinski definition) is 3. The quantitative estimate of drug-likeness (QED) is 0.872. The van der Waals surface area contributed by atoms with Crippen molar-refractivity contribution >= 4 is 33.1 Å². The van der Waals surface area contributed by atoms with E-state index in [0.29, 0.717) is 6.42 Å². The summed E-state index contributed by atoms with van der Waals surface area (Å²) in [7, 11) is 0. The van der Waals surface area contributed by atoms with Crippen LogP contribution in [0.3, 0.4) is 0 Å². The van der Waals surface area contributed by atoms with Crippen molar-refractivity contribution < 1.29 is 4.79 Å². The zero-order chi connectivity index (χ0) is 14.7. The molecule has 2 aromatic rings. The second kappa shape index (κ2) is 6.56. The number of aryl methyl sites for hydroxylation is 1. The minimum absolute atomic E-state index is 0.131. The normalized spacial score (nSPS) is 16.2. The van der Waals surface area contributed by atoms with E-state index in [1.165, 1.54) is 36.8 Å². The van der Waals surface area contributed by atoms with E-state index in [1.807, 2.05) is 25.1 Å². The van der Waals surface area contributed by atoms with E-state index < -0.39 is 0 Å². The van der Waals surface area contributed by atoms with Gasteiger partial charge in [-0.05, 0) is 37.5 Å². The number of carbonyl (C=O) groups is 1. The van der Waals surface area contributed by atoms with Crippen LogP contribution < -0.4 is 5.32 Å². The van der Waals surface area contributed by atoms with Crippen LogP contribution in [0.5, 0.6) is 0 Å².